The Morgan fingerprint density at radius 3 is 2.38 bits per heavy atom. The zero-order valence-corrected chi connectivity index (χ0v) is 10.1. The predicted molar refractivity (Wildman–Crippen MR) is 69.3 cm³/mol. The summed E-state index contributed by atoms with van der Waals surface area (Å²) in [6.45, 7) is 6.13. The second-order valence-corrected chi connectivity index (χ2v) is 3.89. The normalized spacial score (nSPS) is 11.7. The molecular formula is C12H20N4. The van der Waals surface area contributed by atoms with Crippen molar-refractivity contribution >= 4 is 11.6 Å². The molecule has 4 heteroatoms. The minimum absolute atomic E-state index is 0.202. The van der Waals surface area contributed by atoms with Crippen LogP contribution >= 0.6 is 0 Å². The van der Waals surface area contributed by atoms with Gasteiger partial charge in [0, 0.05) is 11.7 Å². The van der Waals surface area contributed by atoms with Gasteiger partial charge in [-0.05, 0) is 38.0 Å². The summed E-state index contributed by atoms with van der Waals surface area (Å²) in [5.41, 5.74) is 4.84. The SMILES string of the molecule is CCc1ccc(NC(=NC(C)C)NN)cc1. The van der Waals surface area contributed by atoms with Gasteiger partial charge in [-0.2, -0.15) is 0 Å². The van der Waals surface area contributed by atoms with Gasteiger partial charge in [-0.15, -0.1) is 0 Å². The number of nitrogens with zero attached hydrogens (tertiary/aromatic N) is 1. The maximum Gasteiger partial charge on any atom is 0.210 e. The average Bonchev–Trinajstić information content (AvgIpc) is 2.28. The Morgan fingerprint density at radius 1 is 1.31 bits per heavy atom. The van der Waals surface area contributed by atoms with E-state index in [1.165, 1.54) is 5.56 Å². The highest BCUT2D eigenvalue weighted by Gasteiger charge is 1.99. The predicted octanol–water partition coefficient (Wildman–Crippen LogP) is 1.89. The lowest BCUT2D eigenvalue weighted by atomic mass is 10.1. The molecule has 16 heavy (non-hydrogen) atoms. The van der Waals surface area contributed by atoms with Crippen LogP contribution in [0.1, 0.15) is 26.3 Å². The van der Waals surface area contributed by atoms with Crippen LogP contribution in [0.15, 0.2) is 29.3 Å². The molecule has 0 aliphatic heterocycles. The van der Waals surface area contributed by atoms with E-state index in [9.17, 15) is 0 Å². The maximum atomic E-state index is 5.38. The van der Waals surface area contributed by atoms with Crippen LogP contribution in [0, 0.1) is 0 Å². The fourth-order valence-electron chi connectivity index (χ4n) is 1.32. The maximum absolute atomic E-state index is 5.38. The van der Waals surface area contributed by atoms with Crippen molar-refractivity contribution in [2.45, 2.75) is 33.2 Å². The summed E-state index contributed by atoms with van der Waals surface area (Å²) in [4.78, 5) is 4.30. The fourth-order valence-corrected chi connectivity index (χ4v) is 1.32. The van der Waals surface area contributed by atoms with E-state index in [1.807, 2.05) is 26.0 Å². The molecule has 4 nitrogen and oxygen atoms in total. The highest BCUT2D eigenvalue weighted by Crippen LogP contribution is 2.09. The number of hydrogen-bond acceptors (Lipinski definition) is 2. The summed E-state index contributed by atoms with van der Waals surface area (Å²) in [5.74, 6) is 5.96. The Bertz CT molecular complexity index is 341. The van der Waals surface area contributed by atoms with Gasteiger partial charge in [0.2, 0.25) is 5.96 Å². The van der Waals surface area contributed by atoms with Gasteiger partial charge in [-0.25, -0.2) is 10.8 Å². The van der Waals surface area contributed by atoms with E-state index in [2.05, 4.69) is 34.8 Å². The fraction of sp³-hybridized carbons (Fsp3) is 0.417. The van der Waals surface area contributed by atoms with Crippen molar-refractivity contribution in [2.75, 3.05) is 5.32 Å². The molecule has 0 saturated carbocycles. The Kier molecular flexibility index (Phi) is 4.79. The van der Waals surface area contributed by atoms with E-state index in [1.54, 1.807) is 0 Å². The second kappa shape index (κ2) is 6.12. The van der Waals surface area contributed by atoms with Gasteiger partial charge in [-0.3, -0.25) is 5.43 Å². The highest BCUT2D eigenvalue weighted by atomic mass is 15.3. The first kappa shape index (κ1) is 12.5. The van der Waals surface area contributed by atoms with Gasteiger partial charge in [-0.1, -0.05) is 19.1 Å². The van der Waals surface area contributed by atoms with Crippen LogP contribution in [0.25, 0.3) is 0 Å². The first-order valence-electron chi connectivity index (χ1n) is 5.56. The van der Waals surface area contributed by atoms with Crippen LogP contribution in [-0.4, -0.2) is 12.0 Å². The summed E-state index contributed by atoms with van der Waals surface area (Å²) in [6.07, 6.45) is 1.04. The molecule has 88 valence electrons. The van der Waals surface area contributed by atoms with E-state index in [0.717, 1.165) is 12.1 Å². The van der Waals surface area contributed by atoms with E-state index in [0.29, 0.717) is 5.96 Å². The van der Waals surface area contributed by atoms with Crippen molar-refractivity contribution in [2.24, 2.45) is 10.8 Å². The van der Waals surface area contributed by atoms with Gasteiger partial charge < -0.3 is 5.32 Å². The Hall–Kier alpha value is -1.55. The Balaban J connectivity index is 2.70. The van der Waals surface area contributed by atoms with Crippen LogP contribution in [0.2, 0.25) is 0 Å². The van der Waals surface area contributed by atoms with Gasteiger partial charge >= 0.3 is 0 Å². The van der Waals surface area contributed by atoms with Crippen molar-refractivity contribution in [1.29, 1.82) is 0 Å². The van der Waals surface area contributed by atoms with Crippen LogP contribution in [0.3, 0.4) is 0 Å². The van der Waals surface area contributed by atoms with E-state index in [-0.39, 0.29) is 6.04 Å². The topological polar surface area (TPSA) is 62.4 Å². The third-order valence-corrected chi connectivity index (χ3v) is 2.15. The number of guanidine groups is 1. The molecule has 1 aromatic carbocycles. The number of aliphatic imine (C=N–C) groups is 1. The smallest absolute Gasteiger partial charge is 0.210 e. The lowest BCUT2D eigenvalue weighted by molar-refractivity contribution is 0.819. The molecule has 0 atom stereocenters. The third kappa shape index (κ3) is 3.90. The first-order valence-corrected chi connectivity index (χ1v) is 5.56. The molecule has 1 rings (SSSR count). The molecule has 1 aromatic rings. The number of hydrazine groups is 1. The number of nitrogens with one attached hydrogen (secondary N) is 2. The minimum atomic E-state index is 0.202. The summed E-state index contributed by atoms with van der Waals surface area (Å²) >= 11 is 0. The molecule has 0 unspecified atom stereocenters. The van der Waals surface area contributed by atoms with Gasteiger partial charge in [0.15, 0.2) is 0 Å². The number of benzene rings is 1. The molecule has 0 spiro atoms. The summed E-state index contributed by atoms with van der Waals surface area (Å²) in [5, 5.41) is 3.13. The molecule has 0 aliphatic carbocycles. The summed E-state index contributed by atoms with van der Waals surface area (Å²) in [6, 6.07) is 8.42. The average molecular weight is 220 g/mol. The molecule has 0 amide bonds. The van der Waals surface area contributed by atoms with Crippen molar-refractivity contribution in [3.05, 3.63) is 29.8 Å². The molecule has 0 heterocycles. The molecule has 4 N–H and O–H groups in total. The summed E-state index contributed by atoms with van der Waals surface area (Å²) in [7, 11) is 0. The lowest BCUT2D eigenvalue weighted by Gasteiger charge is -2.10. The van der Waals surface area contributed by atoms with Crippen LogP contribution in [0.4, 0.5) is 5.69 Å². The van der Waals surface area contributed by atoms with Crippen LogP contribution in [0.5, 0.6) is 0 Å². The highest BCUT2D eigenvalue weighted by molar-refractivity contribution is 5.93. The monoisotopic (exact) mass is 220 g/mol. The number of rotatable bonds is 3. The number of aryl methyl sites for hydroxylation is 1. The first-order chi connectivity index (χ1) is 7.65. The van der Waals surface area contributed by atoms with Crippen LogP contribution in [-0.2, 0) is 6.42 Å². The van der Waals surface area contributed by atoms with Crippen molar-refractivity contribution in [1.82, 2.24) is 5.43 Å². The minimum Gasteiger partial charge on any atom is -0.325 e. The lowest BCUT2D eigenvalue weighted by Crippen LogP contribution is -2.36. The Morgan fingerprint density at radius 2 is 1.94 bits per heavy atom. The number of hydrogen-bond donors (Lipinski definition) is 3. The van der Waals surface area contributed by atoms with Crippen molar-refractivity contribution in [3.8, 4) is 0 Å². The molecule has 0 fully saturated rings. The number of nitrogens with two attached hydrogens (primary N) is 1. The van der Waals surface area contributed by atoms with Crippen molar-refractivity contribution < 1.29 is 0 Å². The molecule has 0 bridgehead atoms. The van der Waals surface area contributed by atoms with E-state index >= 15 is 0 Å². The van der Waals surface area contributed by atoms with Gasteiger partial charge in [0.25, 0.3) is 0 Å². The van der Waals surface area contributed by atoms with E-state index < -0.39 is 0 Å². The molecule has 0 saturated heterocycles. The van der Waals surface area contributed by atoms with E-state index in [4.69, 9.17) is 5.84 Å². The second-order valence-electron chi connectivity index (χ2n) is 3.89. The Labute approximate surface area is 96.9 Å². The molecule has 0 radical (unpaired) electrons. The summed E-state index contributed by atoms with van der Waals surface area (Å²) < 4.78 is 0. The zero-order chi connectivity index (χ0) is 12.0. The van der Waals surface area contributed by atoms with Crippen LogP contribution < -0.4 is 16.6 Å². The van der Waals surface area contributed by atoms with Gasteiger partial charge in [0.05, 0.1) is 0 Å². The zero-order valence-electron chi connectivity index (χ0n) is 10.1. The van der Waals surface area contributed by atoms with Gasteiger partial charge in [0.1, 0.15) is 0 Å². The van der Waals surface area contributed by atoms with Crippen molar-refractivity contribution in [3.63, 3.8) is 0 Å². The standard InChI is InChI=1S/C12H20N4/c1-4-10-5-7-11(8-6-10)15-12(16-13)14-9(2)3/h5-9H,4,13H2,1-3H3,(H2,14,15,16). The molecule has 0 aromatic heterocycles. The third-order valence-electron chi connectivity index (χ3n) is 2.15. The molecule has 0 aliphatic rings. The quantitative estimate of drug-likeness (QED) is 0.315. The molecular weight excluding hydrogens is 200 g/mol. The number of anilines is 1. The largest absolute Gasteiger partial charge is 0.325 e.